The zero-order chi connectivity index (χ0) is 10.1. The molecular formula is C13H23NO. The first-order valence-electron chi connectivity index (χ1n) is 5.87. The number of hydrogen-bond acceptors (Lipinski definition) is 1. The standard InChI is InChI=1S/C13H22N.H2O/c1-2-3-4-5-6-8-11-14-12-9-7-10-13-14;/h7,9-10,12-13H,2-6,8,11H2,1H3;1H2/q+1;/p-1. The van der Waals surface area contributed by atoms with Gasteiger partial charge >= 0.3 is 0 Å². The third-order valence-corrected chi connectivity index (χ3v) is 2.55. The molecule has 0 aliphatic heterocycles. The van der Waals surface area contributed by atoms with E-state index in [4.69, 9.17) is 0 Å². The average molecular weight is 209 g/mol. The second-order valence-corrected chi connectivity index (χ2v) is 3.88. The van der Waals surface area contributed by atoms with Crippen LogP contribution in [-0.4, -0.2) is 5.48 Å². The van der Waals surface area contributed by atoms with Gasteiger partial charge in [-0.25, -0.2) is 4.57 Å². The SMILES string of the molecule is CCCCCCCC[n+]1ccccc1.[OH-]. The largest absolute Gasteiger partial charge is 0.870 e. The van der Waals surface area contributed by atoms with E-state index in [9.17, 15) is 0 Å². The molecule has 0 saturated heterocycles. The summed E-state index contributed by atoms with van der Waals surface area (Å²) in [5, 5.41) is 0. The van der Waals surface area contributed by atoms with Gasteiger partial charge in [0.25, 0.3) is 0 Å². The Morgan fingerprint density at radius 2 is 1.40 bits per heavy atom. The molecule has 0 amide bonds. The van der Waals surface area contributed by atoms with Crippen LogP contribution in [0.15, 0.2) is 30.6 Å². The normalized spacial score (nSPS) is 9.67. The van der Waals surface area contributed by atoms with Crippen LogP contribution in [0.5, 0.6) is 0 Å². The molecule has 1 rings (SSSR count). The first kappa shape index (κ1) is 14.1. The van der Waals surface area contributed by atoms with E-state index in [-0.39, 0.29) is 5.48 Å². The Bertz CT molecular complexity index is 223. The Morgan fingerprint density at radius 3 is 2.07 bits per heavy atom. The highest BCUT2D eigenvalue weighted by Gasteiger charge is 1.96. The van der Waals surface area contributed by atoms with Crippen molar-refractivity contribution in [3.63, 3.8) is 0 Å². The highest BCUT2D eigenvalue weighted by molar-refractivity contribution is 4.83. The van der Waals surface area contributed by atoms with Gasteiger partial charge in [0.05, 0.1) is 0 Å². The molecule has 0 aliphatic carbocycles. The molecule has 0 radical (unpaired) electrons. The summed E-state index contributed by atoms with van der Waals surface area (Å²) in [6.45, 7) is 3.44. The van der Waals surface area contributed by atoms with Gasteiger partial charge in [-0.1, -0.05) is 38.7 Å². The minimum absolute atomic E-state index is 0. The number of hydrogen-bond donors (Lipinski definition) is 0. The summed E-state index contributed by atoms with van der Waals surface area (Å²) in [5.41, 5.74) is 0. The van der Waals surface area contributed by atoms with Crippen molar-refractivity contribution in [2.75, 3.05) is 0 Å². The molecule has 1 aromatic rings. The lowest BCUT2D eigenvalue weighted by atomic mass is 10.1. The fourth-order valence-electron chi connectivity index (χ4n) is 1.66. The number of nitrogens with zero attached hydrogens (tertiary/aromatic N) is 1. The van der Waals surface area contributed by atoms with E-state index in [1.165, 1.54) is 45.1 Å². The molecule has 0 unspecified atom stereocenters. The van der Waals surface area contributed by atoms with Crippen LogP contribution in [0.2, 0.25) is 0 Å². The summed E-state index contributed by atoms with van der Waals surface area (Å²) < 4.78 is 2.26. The van der Waals surface area contributed by atoms with Gasteiger partial charge in [0, 0.05) is 18.6 Å². The third kappa shape index (κ3) is 7.09. The summed E-state index contributed by atoms with van der Waals surface area (Å²) in [4.78, 5) is 0. The first-order valence-corrected chi connectivity index (χ1v) is 5.87. The molecule has 2 nitrogen and oxygen atoms in total. The second kappa shape index (κ2) is 9.66. The molecule has 1 heterocycles. The minimum atomic E-state index is 0. The predicted octanol–water partition coefficient (Wildman–Crippen LogP) is 3.16. The van der Waals surface area contributed by atoms with Crippen LogP contribution in [0.1, 0.15) is 45.4 Å². The molecule has 0 atom stereocenters. The Balaban J connectivity index is 0.00000196. The summed E-state index contributed by atoms with van der Waals surface area (Å²) in [6, 6.07) is 6.26. The van der Waals surface area contributed by atoms with Gasteiger partial charge in [0.15, 0.2) is 12.4 Å². The van der Waals surface area contributed by atoms with E-state index in [1.807, 2.05) is 0 Å². The minimum Gasteiger partial charge on any atom is -0.870 e. The molecule has 0 saturated carbocycles. The van der Waals surface area contributed by atoms with Crippen LogP contribution in [-0.2, 0) is 6.54 Å². The molecule has 2 heteroatoms. The quantitative estimate of drug-likeness (QED) is 0.501. The van der Waals surface area contributed by atoms with Gasteiger partial charge in [-0.2, -0.15) is 0 Å². The number of aryl methyl sites for hydroxylation is 1. The van der Waals surface area contributed by atoms with Crippen LogP contribution in [0.25, 0.3) is 0 Å². The Kier molecular flexibility index (Phi) is 9.08. The fourth-order valence-corrected chi connectivity index (χ4v) is 1.66. The fraction of sp³-hybridized carbons (Fsp3) is 0.615. The van der Waals surface area contributed by atoms with Crippen molar-refractivity contribution in [2.24, 2.45) is 0 Å². The van der Waals surface area contributed by atoms with E-state index < -0.39 is 0 Å². The van der Waals surface area contributed by atoms with E-state index in [2.05, 4.69) is 42.1 Å². The van der Waals surface area contributed by atoms with Gasteiger partial charge < -0.3 is 5.48 Å². The third-order valence-electron chi connectivity index (χ3n) is 2.55. The van der Waals surface area contributed by atoms with E-state index in [1.54, 1.807) is 0 Å². The average Bonchev–Trinajstić information content (AvgIpc) is 2.25. The maximum atomic E-state index is 2.26. The van der Waals surface area contributed by atoms with Crippen LogP contribution >= 0.6 is 0 Å². The van der Waals surface area contributed by atoms with Crippen LogP contribution < -0.4 is 4.57 Å². The van der Waals surface area contributed by atoms with Crippen molar-refractivity contribution in [3.05, 3.63) is 30.6 Å². The molecule has 0 aliphatic rings. The van der Waals surface area contributed by atoms with Gasteiger partial charge in [-0.05, 0) is 6.42 Å². The number of unbranched alkanes of at least 4 members (excludes halogenated alkanes) is 5. The van der Waals surface area contributed by atoms with Gasteiger partial charge in [-0.15, -0.1) is 0 Å². The van der Waals surface area contributed by atoms with E-state index in [0.717, 1.165) is 0 Å². The Hall–Kier alpha value is -0.890. The van der Waals surface area contributed by atoms with E-state index in [0.29, 0.717) is 0 Å². The molecule has 0 spiro atoms. The van der Waals surface area contributed by atoms with E-state index >= 15 is 0 Å². The lowest BCUT2D eigenvalue weighted by molar-refractivity contribution is -0.697. The smallest absolute Gasteiger partial charge is 0.168 e. The number of pyridine rings is 1. The number of rotatable bonds is 7. The lowest BCUT2D eigenvalue weighted by Crippen LogP contribution is -2.32. The lowest BCUT2D eigenvalue weighted by Gasteiger charge is -1.98. The van der Waals surface area contributed by atoms with Crippen molar-refractivity contribution in [1.29, 1.82) is 0 Å². The number of aromatic nitrogens is 1. The molecule has 86 valence electrons. The van der Waals surface area contributed by atoms with Crippen molar-refractivity contribution in [3.8, 4) is 0 Å². The predicted molar refractivity (Wildman–Crippen MR) is 61.9 cm³/mol. The van der Waals surface area contributed by atoms with Crippen molar-refractivity contribution in [1.82, 2.24) is 0 Å². The van der Waals surface area contributed by atoms with Crippen LogP contribution in [0.4, 0.5) is 0 Å². The second-order valence-electron chi connectivity index (χ2n) is 3.88. The molecule has 0 bridgehead atoms. The monoisotopic (exact) mass is 209 g/mol. The molecule has 0 aromatic carbocycles. The van der Waals surface area contributed by atoms with Crippen molar-refractivity contribution >= 4 is 0 Å². The van der Waals surface area contributed by atoms with Crippen LogP contribution in [0.3, 0.4) is 0 Å². The molecular weight excluding hydrogens is 186 g/mol. The maximum Gasteiger partial charge on any atom is 0.168 e. The topological polar surface area (TPSA) is 33.9 Å². The summed E-state index contributed by atoms with van der Waals surface area (Å²) in [5.74, 6) is 0. The molecule has 1 aromatic heterocycles. The molecule has 15 heavy (non-hydrogen) atoms. The summed E-state index contributed by atoms with van der Waals surface area (Å²) in [7, 11) is 0. The van der Waals surface area contributed by atoms with Crippen LogP contribution in [0, 0.1) is 0 Å². The van der Waals surface area contributed by atoms with Crippen molar-refractivity contribution < 1.29 is 10.0 Å². The van der Waals surface area contributed by atoms with Crippen molar-refractivity contribution in [2.45, 2.75) is 52.0 Å². The maximum absolute atomic E-state index is 2.26. The zero-order valence-electron chi connectivity index (χ0n) is 9.73. The highest BCUT2D eigenvalue weighted by Crippen LogP contribution is 2.04. The Labute approximate surface area is 93.3 Å². The highest BCUT2D eigenvalue weighted by atomic mass is 16.0. The zero-order valence-corrected chi connectivity index (χ0v) is 9.73. The van der Waals surface area contributed by atoms with Gasteiger partial charge in [-0.3, -0.25) is 0 Å². The molecule has 0 fully saturated rings. The van der Waals surface area contributed by atoms with Gasteiger partial charge in [0.1, 0.15) is 6.54 Å². The Morgan fingerprint density at radius 1 is 0.800 bits per heavy atom. The summed E-state index contributed by atoms with van der Waals surface area (Å²) >= 11 is 0. The summed E-state index contributed by atoms with van der Waals surface area (Å²) in [6.07, 6.45) is 12.5. The molecule has 1 N–H and O–H groups in total. The first-order chi connectivity index (χ1) is 6.93. The van der Waals surface area contributed by atoms with Gasteiger partial charge in [0.2, 0.25) is 0 Å².